The van der Waals surface area contributed by atoms with E-state index in [0.29, 0.717) is 0 Å². The number of methoxy groups -OCH3 is 2. The van der Waals surface area contributed by atoms with Crippen LogP contribution in [0.4, 0.5) is 5.69 Å². The molecule has 1 unspecified atom stereocenters. The number of anilines is 1. The summed E-state index contributed by atoms with van der Waals surface area (Å²) in [5.41, 5.74) is 3.20. The van der Waals surface area contributed by atoms with Gasteiger partial charge in [-0.1, -0.05) is 0 Å². The van der Waals surface area contributed by atoms with Crippen molar-refractivity contribution >= 4 is 5.69 Å². The van der Waals surface area contributed by atoms with Gasteiger partial charge >= 0.3 is 0 Å². The minimum atomic E-state index is 0.111. The van der Waals surface area contributed by atoms with E-state index < -0.39 is 0 Å². The lowest BCUT2D eigenvalue weighted by atomic mass is 10.1. The molecule has 0 aliphatic rings. The molecule has 0 radical (unpaired) electrons. The van der Waals surface area contributed by atoms with Crippen molar-refractivity contribution in [2.24, 2.45) is 0 Å². The molecule has 0 spiro atoms. The zero-order chi connectivity index (χ0) is 14.5. The van der Waals surface area contributed by atoms with E-state index in [1.165, 1.54) is 0 Å². The molecule has 4 heteroatoms. The zero-order valence-electron chi connectivity index (χ0n) is 12.3. The number of rotatable bonds is 5. The summed E-state index contributed by atoms with van der Waals surface area (Å²) in [6.45, 7) is 4.11. The van der Waals surface area contributed by atoms with Crippen LogP contribution < -0.4 is 14.8 Å². The van der Waals surface area contributed by atoms with Crippen LogP contribution in [-0.2, 0) is 0 Å². The molecule has 106 valence electrons. The third kappa shape index (κ3) is 3.20. The van der Waals surface area contributed by atoms with Gasteiger partial charge in [-0.05, 0) is 37.6 Å². The van der Waals surface area contributed by atoms with E-state index in [4.69, 9.17) is 9.47 Å². The summed E-state index contributed by atoms with van der Waals surface area (Å²) in [6.07, 6.45) is 3.66. The zero-order valence-corrected chi connectivity index (χ0v) is 12.3. The fraction of sp³-hybridized carbons (Fsp3) is 0.312. The van der Waals surface area contributed by atoms with E-state index in [1.54, 1.807) is 14.2 Å². The van der Waals surface area contributed by atoms with Crippen LogP contribution in [-0.4, -0.2) is 19.2 Å². The predicted octanol–water partition coefficient (Wildman–Crippen LogP) is 3.58. The Balaban J connectivity index is 2.22. The third-order valence-electron chi connectivity index (χ3n) is 3.17. The summed E-state index contributed by atoms with van der Waals surface area (Å²) in [4.78, 5) is 4.19. The lowest BCUT2D eigenvalue weighted by molar-refractivity contribution is 0.390. The standard InChI is InChI=1S/C16H20N2O2/c1-11-7-13(10-17-9-11)18-12(2)15-6-5-14(19-3)8-16(15)20-4/h5-10,12,18H,1-4H3. The maximum atomic E-state index is 5.43. The van der Waals surface area contributed by atoms with Gasteiger partial charge in [-0.3, -0.25) is 4.98 Å². The molecule has 0 aliphatic heterocycles. The Morgan fingerprint density at radius 1 is 1.10 bits per heavy atom. The number of pyridine rings is 1. The Kier molecular flexibility index (Phi) is 4.45. The maximum absolute atomic E-state index is 5.43. The SMILES string of the molecule is COc1ccc(C(C)Nc2cncc(C)c2)c(OC)c1. The molecule has 1 heterocycles. The molecular formula is C16H20N2O2. The van der Waals surface area contributed by atoms with Crippen LogP contribution in [0.25, 0.3) is 0 Å². The van der Waals surface area contributed by atoms with Gasteiger partial charge in [-0.2, -0.15) is 0 Å². The molecule has 0 fully saturated rings. The maximum Gasteiger partial charge on any atom is 0.127 e. The average molecular weight is 272 g/mol. The van der Waals surface area contributed by atoms with Crippen LogP contribution in [0.1, 0.15) is 24.1 Å². The summed E-state index contributed by atoms with van der Waals surface area (Å²) in [5.74, 6) is 1.60. The summed E-state index contributed by atoms with van der Waals surface area (Å²) in [5, 5.41) is 3.43. The van der Waals surface area contributed by atoms with E-state index in [0.717, 1.165) is 28.3 Å². The number of benzene rings is 1. The minimum absolute atomic E-state index is 0.111. The lowest BCUT2D eigenvalue weighted by Gasteiger charge is -2.19. The van der Waals surface area contributed by atoms with Gasteiger partial charge in [0.2, 0.25) is 0 Å². The molecule has 1 aromatic carbocycles. The second kappa shape index (κ2) is 6.28. The molecule has 0 amide bonds. The quantitative estimate of drug-likeness (QED) is 0.903. The van der Waals surface area contributed by atoms with Gasteiger partial charge in [-0.15, -0.1) is 0 Å². The Labute approximate surface area is 119 Å². The highest BCUT2D eigenvalue weighted by Gasteiger charge is 2.12. The molecule has 2 rings (SSSR count). The lowest BCUT2D eigenvalue weighted by Crippen LogP contribution is -2.08. The van der Waals surface area contributed by atoms with Crippen molar-refractivity contribution in [2.75, 3.05) is 19.5 Å². The number of hydrogen-bond donors (Lipinski definition) is 1. The molecule has 1 N–H and O–H groups in total. The molecule has 0 saturated carbocycles. The normalized spacial score (nSPS) is 11.8. The average Bonchev–Trinajstić information content (AvgIpc) is 2.46. The van der Waals surface area contributed by atoms with E-state index in [1.807, 2.05) is 37.5 Å². The van der Waals surface area contributed by atoms with Crippen molar-refractivity contribution < 1.29 is 9.47 Å². The summed E-state index contributed by atoms with van der Waals surface area (Å²) < 4.78 is 10.6. The van der Waals surface area contributed by atoms with Crippen LogP contribution in [0.15, 0.2) is 36.7 Å². The predicted molar refractivity (Wildman–Crippen MR) is 80.6 cm³/mol. The van der Waals surface area contributed by atoms with Crippen molar-refractivity contribution in [3.05, 3.63) is 47.8 Å². The second-order valence-corrected chi connectivity index (χ2v) is 4.72. The Bertz CT molecular complexity index is 584. The minimum Gasteiger partial charge on any atom is -0.497 e. The van der Waals surface area contributed by atoms with E-state index in [-0.39, 0.29) is 6.04 Å². The summed E-state index contributed by atoms with van der Waals surface area (Å²) in [6, 6.07) is 8.02. The van der Waals surface area contributed by atoms with Crippen molar-refractivity contribution in [3.8, 4) is 11.5 Å². The van der Waals surface area contributed by atoms with Crippen molar-refractivity contribution in [2.45, 2.75) is 19.9 Å². The summed E-state index contributed by atoms with van der Waals surface area (Å²) >= 11 is 0. The first-order valence-corrected chi connectivity index (χ1v) is 6.54. The van der Waals surface area contributed by atoms with Gasteiger partial charge in [0.1, 0.15) is 11.5 Å². The smallest absolute Gasteiger partial charge is 0.127 e. The highest BCUT2D eigenvalue weighted by Crippen LogP contribution is 2.31. The monoisotopic (exact) mass is 272 g/mol. The molecule has 4 nitrogen and oxygen atoms in total. The van der Waals surface area contributed by atoms with Gasteiger partial charge in [0, 0.05) is 24.0 Å². The second-order valence-electron chi connectivity index (χ2n) is 4.72. The van der Waals surface area contributed by atoms with Crippen molar-refractivity contribution in [1.82, 2.24) is 4.98 Å². The first kappa shape index (κ1) is 14.2. The topological polar surface area (TPSA) is 43.4 Å². The van der Waals surface area contributed by atoms with Crippen LogP contribution >= 0.6 is 0 Å². The Morgan fingerprint density at radius 3 is 2.55 bits per heavy atom. The van der Waals surface area contributed by atoms with E-state index >= 15 is 0 Å². The van der Waals surface area contributed by atoms with Crippen molar-refractivity contribution in [3.63, 3.8) is 0 Å². The number of ether oxygens (including phenoxy) is 2. The third-order valence-corrected chi connectivity index (χ3v) is 3.17. The first-order chi connectivity index (χ1) is 9.63. The van der Waals surface area contributed by atoms with Crippen LogP contribution in [0, 0.1) is 6.92 Å². The number of nitrogens with zero attached hydrogens (tertiary/aromatic N) is 1. The van der Waals surface area contributed by atoms with Gasteiger partial charge in [-0.25, -0.2) is 0 Å². The van der Waals surface area contributed by atoms with Gasteiger partial charge in [0.25, 0.3) is 0 Å². The van der Waals surface area contributed by atoms with Crippen molar-refractivity contribution in [1.29, 1.82) is 0 Å². The fourth-order valence-electron chi connectivity index (χ4n) is 2.14. The van der Waals surface area contributed by atoms with Gasteiger partial charge in [0.05, 0.1) is 25.9 Å². The van der Waals surface area contributed by atoms with Gasteiger partial charge < -0.3 is 14.8 Å². The van der Waals surface area contributed by atoms with Crippen LogP contribution in [0.3, 0.4) is 0 Å². The molecule has 2 aromatic rings. The molecule has 0 saturated heterocycles. The number of aryl methyl sites for hydroxylation is 1. The molecule has 20 heavy (non-hydrogen) atoms. The van der Waals surface area contributed by atoms with Crippen LogP contribution in [0.5, 0.6) is 11.5 Å². The van der Waals surface area contributed by atoms with Gasteiger partial charge in [0.15, 0.2) is 0 Å². The number of nitrogens with one attached hydrogen (secondary N) is 1. The molecule has 0 bridgehead atoms. The highest BCUT2D eigenvalue weighted by molar-refractivity contribution is 5.49. The molecule has 1 atom stereocenters. The van der Waals surface area contributed by atoms with Crippen LogP contribution in [0.2, 0.25) is 0 Å². The van der Waals surface area contributed by atoms with E-state index in [9.17, 15) is 0 Å². The largest absolute Gasteiger partial charge is 0.497 e. The molecule has 0 aliphatic carbocycles. The fourth-order valence-corrected chi connectivity index (χ4v) is 2.14. The Morgan fingerprint density at radius 2 is 1.90 bits per heavy atom. The number of aromatic nitrogens is 1. The molecule has 1 aromatic heterocycles. The Hall–Kier alpha value is -2.23. The number of hydrogen-bond acceptors (Lipinski definition) is 4. The highest BCUT2D eigenvalue weighted by atomic mass is 16.5. The summed E-state index contributed by atoms with van der Waals surface area (Å²) in [7, 11) is 3.31. The molecular weight excluding hydrogens is 252 g/mol. The first-order valence-electron chi connectivity index (χ1n) is 6.54. The van der Waals surface area contributed by atoms with E-state index in [2.05, 4.69) is 23.3 Å².